The third kappa shape index (κ3) is 4.32. The zero-order valence-electron chi connectivity index (χ0n) is 14.0. The zero-order valence-corrected chi connectivity index (χ0v) is 14.0. The number of aldehydes is 1. The molecule has 0 unspecified atom stereocenters. The Morgan fingerprint density at radius 1 is 1.21 bits per heavy atom. The van der Waals surface area contributed by atoms with Crippen LogP contribution < -0.4 is 0 Å². The topological polar surface area (TPSA) is 69.7 Å². The van der Waals surface area contributed by atoms with Gasteiger partial charge >= 0.3 is 11.9 Å². The van der Waals surface area contributed by atoms with Crippen LogP contribution in [0.2, 0.25) is 0 Å². The summed E-state index contributed by atoms with van der Waals surface area (Å²) >= 11 is 0. The normalized spacial score (nSPS) is 10.1. The van der Waals surface area contributed by atoms with Crippen molar-refractivity contribution in [2.45, 2.75) is 19.8 Å². The van der Waals surface area contributed by atoms with Gasteiger partial charge in [0.25, 0.3) is 0 Å². The molecule has 0 amide bonds. The van der Waals surface area contributed by atoms with Crippen LogP contribution in [0.15, 0.2) is 36.4 Å². The average molecular weight is 328 g/mol. The van der Waals surface area contributed by atoms with E-state index in [1.807, 2.05) is 0 Å². The van der Waals surface area contributed by atoms with E-state index in [2.05, 4.69) is 18.4 Å². The average Bonchev–Trinajstić information content (AvgIpc) is 2.59. The first-order valence-electron chi connectivity index (χ1n) is 7.25. The summed E-state index contributed by atoms with van der Waals surface area (Å²) < 4.78 is 9.56. The van der Waals surface area contributed by atoms with E-state index in [4.69, 9.17) is 9.47 Å². The minimum Gasteiger partial charge on any atom is -0.468 e. The Hall–Kier alpha value is -2.87. The molecule has 5 nitrogen and oxygen atoms in total. The first-order valence-corrected chi connectivity index (χ1v) is 7.25. The number of carbonyl (C=O) groups is 3. The number of esters is 2. The Morgan fingerprint density at radius 3 is 2.29 bits per heavy atom. The molecule has 0 aliphatic heterocycles. The van der Waals surface area contributed by atoms with Crippen molar-refractivity contribution in [3.63, 3.8) is 0 Å². The largest absolute Gasteiger partial charge is 0.468 e. The van der Waals surface area contributed by atoms with Crippen LogP contribution in [-0.2, 0) is 19.1 Å². The van der Waals surface area contributed by atoms with Crippen molar-refractivity contribution in [1.29, 1.82) is 0 Å². The van der Waals surface area contributed by atoms with E-state index in [0.717, 1.165) is 0 Å². The van der Waals surface area contributed by atoms with Gasteiger partial charge in [-0.1, -0.05) is 35.6 Å². The first kappa shape index (κ1) is 19.2. The SMILES string of the molecule is C=C(C)CC(CC#Cc1ccccc1C=O)(C(=O)OC)C(=O)OC. The van der Waals surface area contributed by atoms with E-state index in [9.17, 15) is 14.4 Å². The van der Waals surface area contributed by atoms with Gasteiger partial charge in [-0.25, -0.2) is 0 Å². The van der Waals surface area contributed by atoms with Gasteiger partial charge < -0.3 is 9.47 Å². The number of rotatable bonds is 6. The summed E-state index contributed by atoms with van der Waals surface area (Å²) in [4.78, 5) is 35.5. The monoisotopic (exact) mass is 328 g/mol. The molecule has 24 heavy (non-hydrogen) atoms. The molecule has 0 radical (unpaired) electrons. The van der Waals surface area contributed by atoms with Gasteiger partial charge in [0.1, 0.15) is 0 Å². The maximum absolute atomic E-state index is 12.2. The molecule has 0 aliphatic carbocycles. The van der Waals surface area contributed by atoms with Crippen LogP contribution in [0.5, 0.6) is 0 Å². The van der Waals surface area contributed by atoms with Crippen molar-refractivity contribution >= 4 is 18.2 Å². The van der Waals surface area contributed by atoms with Gasteiger partial charge in [0, 0.05) is 17.5 Å². The van der Waals surface area contributed by atoms with Gasteiger partial charge in [0.15, 0.2) is 11.7 Å². The van der Waals surface area contributed by atoms with E-state index in [-0.39, 0.29) is 12.8 Å². The minimum absolute atomic E-state index is 0.0658. The highest BCUT2D eigenvalue weighted by atomic mass is 16.5. The highest BCUT2D eigenvalue weighted by molar-refractivity contribution is 6.00. The van der Waals surface area contributed by atoms with Crippen molar-refractivity contribution in [2.24, 2.45) is 5.41 Å². The lowest BCUT2D eigenvalue weighted by Crippen LogP contribution is -2.41. The fourth-order valence-electron chi connectivity index (χ4n) is 2.34. The summed E-state index contributed by atoms with van der Waals surface area (Å²) in [6.45, 7) is 5.46. The van der Waals surface area contributed by atoms with Crippen LogP contribution in [0.25, 0.3) is 0 Å². The number of benzene rings is 1. The molecule has 0 bridgehead atoms. The second kappa shape index (κ2) is 8.68. The van der Waals surface area contributed by atoms with E-state index < -0.39 is 17.4 Å². The molecule has 0 spiro atoms. The van der Waals surface area contributed by atoms with Crippen LogP contribution in [0.4, 0.5) is 0 Å². The number of methoxy groups -OCH3 is 2. The van der Waals surface area contributed by atoms with E-state index in [1.165, 1.54) is 14.2 Å². The fraction of sp³-hybridized carbons (Fsp3) is 0.316. The van der Waals surface area contributed by atoms with Gasteiger partial charge in [0.05, 0.1) is 14.2 Å². The molecular weight excluding hydrogens is 308 g/mol. The van der Waals surface area contributed by atoms with Crippen LogP contribution >= 0.6 is 0 Å². The van der Waals surface area contributed by atoms with Crippen LogP contribution in [-0.4, -0.2) is 32.4 Å². The Labute approximate surface area is 141 Å². The van der Waals surface area contributed by atoms with E-state index >= 15 is 0 Å². The molecule has 0 heterocycles. The lowest BCUT2D eigenvalue weighted by Gasteiger charge is -2.26. The standard InChI is InChI=1S/C19H20O5/c1-14(2)12-19(17(21)23-3,18(22)24-4)11-7-10-15-8-5-6-9-16(15)13-20/h5-6,8-9,13H,1,11-12H2,2-4H3. The number of hydrogen-bond donors (Lipinski definition) is 0. The quantitative estimate of drug-likeness (QED) is 0.264. The minimum atomic E-state index is -1.57. The summed E-state index contributed by atoms with van der Waals surface area (Å²) in [6, 6.07) is 6.80. The Morgan fingerprint density at radius 2 is 1.79 bits per heavy atom. The number of hydrogen-bond acceptors (Lipinski definition) is 5. The van der Waals surface area contributed by atoms with Crippen molar-refractivity contribution in [2.75, 3.05) is 14.2 Å². The van der Waals surface area contributed by atoms with Gasteiger partial charge in [0.2, 0.25) is 0 Å². The number of ether oxygens (including phenoxy) is 2. The fourth-order valence-corrected chi connectivity index (χ4v) is 2.34. The molecule has 126 valence electrons. The van der Waals surface area contributed by atoms with Gasteiger partial charge in [-0.05, 0) is 19.4 Å². The predicted molar refractivity (Wildman–Crippen MR) is 89.2 cm³/mol. The zero-order chi connectivity index (χ0) is 18.2. The van der Waals surface area contributed by atoms with Gasteiger partial charge in [-0.3, -0.25) is 14.4 Å². The second-order valence-corrected chi connectivity index (χ2v) is 5.38. The lowest BCUT2D eigenvalue weighted by atomic mass is 9.79. The lowest BCUT2D eigenvalue weighted by molar-refractivity contribution is -0.168. The molecule has 0 aromatic heterocycles. The molecule has 0 saturated heterocycles. The molecule has 5 heteroatoms. The highest BCUT2D eigenvalue weighted by Gasteiger charge is 2.47. The van der Waals surface area contributed by atoms with Gasteiger partial charge in [-0.15, -0.1) is 6.58 Å². The second-order valence-electron chi connectivity index (χ2n) is 5.38. The van der Waals surface area contributed by atoms with Crippen LogP contribution in [0.1, 0.15) is 35.7 Å². The van der Waals surface area contributed by atoms with E-state index in [0.29, 0.717) is 23.0 Å². The van der Waals surface area contributed by atoms with Crippen molar-refractivity contribution in [1.82, 2.24) is 0 Å². The summed E-state index contributed by atoms with van der Waals surface area (Å²) in [5.41, 5.74) is 0.0114. The number of carbonyl (C=O) groups excluding carboxylic acids is 3. The Kier molecular flexibility index (Phi) is 6.94. The summed E-state index contributed by atoms with van der Waals surface area (Å²) in [7, 11) is 2.40. The molecule has 1 aromatic carbocycles. The van der Waals surface area contributed by atoms with Crippen molar-refractivity contribution in [3.05, 3.63) is 47.5 Å². The predicted octanol–water partition coefficient (Wildman–Crippen LogP) is 2.54. The number of allylic oxidation sites excluding steroid dienone is 1. The molecular formula is C19H20O5. The summed E-state index contributed by atoms with van der Waals surface area (Å²) in [5.74, 6) is 4.17. The maximum Gasteiger partial charge on any atom is 0.324 e. The van der Waals surface area contributed by atoms with E-state index in [1.54, 1.807) is 31.2 Å². The van der Waals surface area contributed by atoms with Crippen molar-refractivity contribution in [3.8, 4) is 11.8 Å². The van der Waals surface area contributed by atoms with Crippen LogP contribution in [0.3, 0.4) is 0 Å². The summed E-state index contributed by atoms with van der Waals surface area (Å²) in [5, 5.41) is 0. The smallest absolute Gasteiger partial charge is 0.324 e. The molecule has 0 N–H and O–H groups in total. The molecule has 0 aliphatic rings. The van der Waals surface area contributed by atoms with Crippen LogP contribution in [0, 0.1) is 17.3 Å². The molecule has 0 atom stereocenters. The third-order valence-electron chi connectivity index (χ3n) is 3.46. The molecule has 0 fully saturated rings. The Bertz CT molecular complexity index is 690. The maximum atomic E-state index is 12.2. The molecule has 1 rings (SSSR count). The summed E-state index contributed by atoms with van der Waals surface area (Å²) in [6.07, 6.45) is 0.661. The third-order valence-corrected chi connectivity index (χ3v) is 3.46. The molecule has 1 aromatic rings. The molecule has 0 saturated carbocycles. The Balaban J connectivity index is 3.25. The van der Waals surface area contributed by atoms with Crippen molar-refractivity contribution < 1.29 is 23.9 Å². The van der Waals surface area contributed by atoms with Gasteiger partial charge in [-0.2, -0.15) is 0 Å². The first-order chi connectivity index (χ1) is 11.4. The highest BCUT2D eigenvalue weighted by Crippen LogP contribution is 2.33.